The highest BCUT2D eigenvalue weighted by atomic mass is 79.9. The average molecular weight is 333 g/mol. The SMILES string of the molecule is COc1ccccc1CC(Br)CCCc1ccccc1. The van der Waals surface area contributed by atoms with Crippen molar-refractivity contribution in [3.63, 3.8) is 0 Å². The number of benzene rings is 2. The van der Waals surface area contributed by atoms with Crippen LogP contribution >= 0.6 is 15.9 Å². The van der Waals surface area contributed by atoms with Crippen LogP contribution in [0.4, 0.5) is 0 Å². The molecule has 0 heterocycles. The summed E-state index contributed by atoms with van der Waals surface area (Å²) in [5.74, 6) is 0.986. The third-order valence-electron chi connectivity index (χ3n) is 3.46. The van der Waals surface area contributed by atoms with Crippen LogP contribution in [0.15, 0.2) is 54.6 Å². The highest BCUT2D eigenvalue weighted by Gasteiger charge is 2.09. The lowest BCUT2D eigenvalue weighted by Crippen LogP contribution is -2.05. The van der Waals surface area contributed by atoms with E-state index in [9.17, 15) is 0 Å². The summed E-state index contributed by atoms with van der Waals surface area (Å²) in [6.07, 6.45) is 4.54. The molecular formula is C18H21BrO. The molecule has 0 aliphatic rings. The van der Waals surface area contributed by atoms with E-state index in [1.54, 1.807) is 7.11 Å². The number of para-hydroxylation sites is 1. The van der Waals surface area contributed by atoms with Gasteiger partial charge in [-0.2, -0.15) is 0 Å². The summed E-state index contributed by atoms with van der Waals surface area (Å²) >= 11 is 3.80. The van der Waals surface area contributed by atoms with Crippen LogP contribution in [0.25, 0.3) is 0 Å². The van der Waals surface area contributed by atoms with Crippen molar-refractivity contribution in [1.29, 1.82) is 0 Å². The van der Waals surface area contributed by atoms with E-state index in [0.717, 1.165) is 18.6 Å². The van der Waals surface area contributed by atoms with Crippen LogP contribution < -0.4 is 4.74 Å². The Kier molecular flexibility index (Phi) is 6.13. The Balaban J connectivity index is 1.79. The molecule has 0 saturated heterocycles. The van der Waals surface area contributed by atoms with Gasteiger partial charge >= 0.3 is 0 Å². The van der Waals surface area contributed by atoms with Gasteiger partial charge in [0.2, 0.25) is 0 Å². The summed E-state index contributed by atoms with van der Waals surface area (Å²) in [5, 5.41) is 0. The van der Waals surface area contributed by atoms with E-state index in [1.807, 2.05) is 12.1 Å². The van der Waals surface area contributed by atoms with Gasteiger partial charge in [-0.05, 0) is 42.9 Å². The highest BCUT2D eigenvalue weighted by molar-refractivity contribution is 9.09. The Labute approximate surface area is 130 Å². The van der Waals surface area contributed by atoms with Crippen molar-refractivity contribution >= 4 is 15.9 Å². The first-order valence-electron chi connectivity index (χ1n) is 7.09. The Bertz CT molecular complexity index is 510. The zero-order valence-electron chi connectivity index (χ0n) is 11.9. The van der Waals surface area contributed by atoms with E-state index in [-0.39, 0.29) is 0 Å². The van der Waals surface area contributed by atoms with Crippen molar-refractivity contribution in [2.24, 2.45) is 0 Å². The summed E-state index contributed by atoms with van der Waals surface area (Å²) in [5.41, 5.74) is 2.70. The molecule has 0 N–H and O–H groups in total. The summed E-state index contributed by atoms with van der Waals surface area (Å²) in [7, 11) is 1.73. The van der Waals surface area contributed by atoms with E-state index >= 15 is 0 Å². The van der Waals surface area contributed by atoms with Crippen LogP contribution in [0.2, 0.25) is 0 Å². The van der Waals surface area contributed by atoms with Gasteiger partial charge in [0.25, 0.3) is 0 Å². The predicted molar refractivity (Wildman–Crippen MR) is 88.8 cm³/mol. The van der Waals surface area contributed by atoms with Gasteiger partial charge in [-0.3, -0.25) is 0 Å². The molecule has 2 rings (SSSR count). The molecule has 0 fully saturated rings. The zero-order chi connectivity index (χ0) is 14.2. The minimum absolute atomic E-state index is 0.502. The molecule has 2 aromatic carbocycles. The van der Waals surface area contributed by atoms with Gasteiger partial charge in [0.15, 0.2) is 0 Å². The lowest BCUT2D eigenvalue weighted by molar-refractivity contribution is 0.409. The van der Waals surface area contributed by atoms with E-state index < -0.39 is 0 Å². The molecule has 0 aliphatic heterocycles. The summed E-state index contributed by atoms with van der Waals surface area (Å²) in [4.78, 5) is 0.502. The van der Waals surface area contributed by atoms with Crippen molar-refractivity contribution in [2.75, 3.05) is 7.11 Å². The fourth-order valence-corrected chi connectivity index (χ4v) is 3.06. The van der Waals surface area contributed by atoms with Crippen LogP contribution in [0.3, 0.4) is 0 Å². The second-order valence-corrected chi connectivity index (χ2v) is 6.29. The number of ether oxygens (including phenoxy) is 1. The van der Waals surface area contributed by atoms with Gasteiger partial charge in [-0.1, -0.05) is 64.5 Å². The Morgan fingerprint density at radius 1 is 1.00 bits per heavy atom. The van der Waals surface area contributed by atoms with Crippen LogP contribution in [0.5, 0.6) is 5.75 Å². The topological polar surface area (TPSA) is 9.23 Å². The lowest BCUT2D eigenvalue weighted by atomic mass is 10.0. The normalized spacial score (nSPS) is 12.1. The van der Waals surface area contributed by atoms with Crippen LogP contribution in [0, 0.1) is 0 Å². The Morgan fingerprint density at radius 3 is 2.45 bits per heavy atom. The molecule has 0 radical (unpaired) electrons. The van der Waals surface area contributed by atoms with Gasteiger partial charge in [0.1, 0.15) is 5.75 Å². The zero-order valence-corrected chi connectivity index (χ0v) is 13.5. The van der Waals surface area contributed by atoms with Gasteiger partial charge in [-0.15, -0.1) is 0 Å². The molecular weight excluding hydrogens is 312 g/mol. The van der Waals surface area contributed by atoms with Gasteiger partial charge < -0.3 is 4.74 Å². The van der Waals surface area contributed by atoms with Crippen LogP contribution in [-0.4, -0.2) is 11.9 Å². The van der Waals surface area contributed by atoms with Crippen molar-refractivity contribution in [1.82, 2.24) is 0 Å². The third kappa shape index (κ3) is 4.68. The van der Waals surface area contributed by atoms with E-state index in [4.69, 9.17) is 4.74 Å². The molecule has 0 spiro atoms. The van der Waals surface area contributed by atoms with Gasteiger partial charge in [0, 0.05) is 4.83 Å². The van der Waals surface area contributed by atoms with E-state index in [1.165, 1.54) is 24.0 Å². The maximum absolute atomic E-state index is 5.40. The lowest BCUT2D eigenvalue weighted by Gasteiger charge is -2.12. The number of hydrogen-bond acceptors (Lipinski definition) is 1. The highest BCUT2D eigenvalue weighted by Crippen LogP contribution is 2.23. The number of hydrogen-bond donors (Lipinski definition) is 0. The molecule has 1 unspecified atom stereocenters. The first kappa shape index (κ1) is 15.1. The molecule has 2 heteroatoms. The molecule has 1 nitrogen and oxygen atoms in total. The van der Waals surface area contributed by atoms with Gasteiger partial charge in [0.05, 0.1) is 7.11 Å². The Hall–Kier alpha value is -1.28. The number of alkyl halides is 1. The first-order valence-corrected chi connectivity index (χ1v) is 8.01. The smallest absolute Gasteiger partial charge is 0.122 e. The monoisotopic (exact) mass is 332 g/mol. The van der Waals surface area contributed by atoms with Crippen molar-refractivity contribution in [3.8, 4) is 5.75 Å². The van der Waals surface area contributed by atoms with Crippen molar-refractivity contribution in [2.45, 2.75) is 30.5 Å². The van der Waals surface area contributed by atoms with E-state index in [0.29, 0.717) is 4.83 Å². The fourth-order valence-electron chi connectivity index (χ4n) is 2.38. The number of methoxy groups -OCH3 is 1. The average Bonchev–Trinajstić information content (AvgIpc) is 2.49. The second kappa shape index (κ2) is 8.11. The minimum atomic E-state index is 0.502. The molecule has 2 aromatic rings. The number of aryl methyl sites for hydroxylation is 1. The first-order chi connectivity index (χ1) is 9.79. The quantitative estimate of drug-likeness (QED) is 0.646. The maximum Gasteiger partial charge on any atom is 0.122 e. The Morgan fingerprint density at radius 2 is 1.70 bits per heavy atom. The standard InChI is InChI=1S/C18H21BrO/c1-20-18-13-6-5-11-16(18)14-17(19)12-7-10-15-8-3-2-4-9-15/h2-6,8-9,11,13,17H,7,10,12,14H2,1H3. The second-order valence-electron chi connectivity index (χ2n) is 4.99. The molecule has 1 atom stereocenters. The molecule has 106 valence electrons. The summed E-state index contributed by atoms with van der Waals surface area (Å²) in [6, 6.07) is 18.9. The van der Waals surface area contributed by atoms with Crippen LogP contribution in [0.1, 0.15) is 24.0 Å². The molecule has 20 heavy (non-hydrogen) atoms. The molecule has 0 aliphatic carbocycles. The maximum atomic E-state index is 5.40. The molecule has 0 bridgehead atoms. The minimum Gasteiger partial charge on any atom is -0.496 e. The molecule has 0 amide bonds. The van der Waals surface area contributed by atoms with E-state index in [2.05, 4.69) is 58.4 Å². The fraction of sp³-hybridized carbons (Fsp3) is 0.333. The van der Waals surface area contributed by atoms with Crippen LogP contribution in [-0.2, 0) is 12.8 Å². The largest absolute Gasteiger partial charge is 0.496 e. The predicted octanol–water partition coefficient (Wildman–Crippen LogP) is 5.02. The molecule has 0 saturated carbocycles. The number of halogens is 1. The third-order valence-corrected chi connectivity index (χ3v) is 4.24. The van der Waals surface area contributed by atoms with Gasteiger partial charge in [-0.25, -0.2) is 0 Å². The van der Waals surface area contributed by atoms with Crippen molar-refractivity contribution < 1.29 is 4.74 Å². The summed E-state index contributed by atoms with van der Waals surface area (Å²) in [6.45, 7) is 0. The number of rotatable bonds is 7. The van der Waals surface area contributed by atoms with Crippen molar-refractivity contribution in [3.05, 3.63) is 65.7 Å². The summed E-state index contributed by atoms with van der Waals surface area (Å²) < 4.78 is 5.40. The molecule has 0 aromatic heterocycles.